The van der Waals surface area contributed by atoms with Gasteiger partial charge in [-0.1, -0.05) is 6.07 Å². The van der Waals surface area contributed by atoms with Crippen LogP contribution in [-0.2, 0) is 7.05 Å². The lowest BCUT2D eigenvalue weighted by atomic mass is 10.1. The number of thiophene rings is 1. The van der Waals surface area contributed by atoms with Crippen LogP contribution in [0, 0.1) is 13.8 Å². The van der Waals surface area contributed by atoms with Crippen molar-refractivity contribution in [2.75, 3.05) is 5.32 Å². The summed E-state index contributed by atoms with van der Waals surface area (Å²) in [6, 6.07) is 9.79. The van der Waals surface area contributed by atoms with Crippen LogP contribution in [0.3, 0.4) is 0 Å². The molecule has 126 valence electrons. The third-order valence-corrected chi connectivity index (χ3v) is 5.19. The first-order valence-corrected chi connectivity index (χ1v) is 8.69. The van der Waals surface area contributed by atoms with Gasteiger partial charge in [0, 0.05) is 22.9 Å². The largest absolute Gasteiger partial charge is 0.331 e. The SMILES string of the molecule is Cc1ccc(NC(=O)c2n[nH]c3ccc(-c4cnc(C)n4C)cc23)s1. The summed E-state index contributed by atoms with van der Waals surface area (Å²) in [4.78, 5) is 18.1. The maximum atomic E-state index is 12.6. The van der Waals surface area contributed by atoms with Crippen molar-refractivity contribution in [3.63, 3.8) is 0 Å². The standard InChI is InChI=1S/C18H17N5OS/c1-10-4-7-16(25-10)20-18(24)17-13-8-12(5-6-14(13)21-22-17)15-9-19-11(2)23(15)3/h4-9H,1-3H3,(H,20,24)(H,21,22). The molecule has 0 saturated heterocycles. The Morgan fingerprint density at radius 3 is 2.76 bits per heavy atom. The van der Waals surface area contributed by atoms with Gasteiger partial charge in [-0.15, -0.1) is 11.3 Å². The van der Waals surface area contributed by atoms with Crippen molar-refractivity contribution in [3.8, 4) is 11.3 Å². The molecule has 0 unspecified atom stereocenters. The molecular weight excluding hydrogens is 334 g/mol. The van der Waals surface area contributed by atoms with E-state index in [-0.39, 0.29) is 5.91 Å². The maximum absolute atomic E-state index is 12.6. The number of nitrogens with one attached hydrogen (secondary N) is 2. The van der Waals surface area contributed by atoms with E-state index in [2.05, 4.69) is 20.5 Å². The monoisotopic (exact) mass is 351 g/mol. The highest BCUT2D eigenvalue weighted by Gasteiger charge is 2.16. The van der Waals surface area contributed by atoms with Gasteiger partial charge >= 0.3 is 0 Å². The number of aromatic amines is 1. The number of imidazole rings is 1. The number of H-pyrrole nitrogens is 1. The van der Waals surface area contributed by atoms with Crippen LogP contribution >= 0.6 is 11.3 Å². The van der Waals surface area contributed by atoms with Crippen molar-refractivity contribution in [2.24, 2.45) is 7.05 Å². The molecule has 0 radical (unpaired) electrons. The number of anilines is 1. The normalized spacial score (nSPS) is 11.2. The van der Waals surface area contributed by atoms with Gasteiger partial charge in [-0.05, 0) is 38.1 Å². The van der Waals surface area contributed by atoms with Gasteiger partial charge < -0.3 is 9.88 Å². The third-order valence-electron chi connectivity index (χ3n) is 4.27. The summed E-state index contributed by atoms with van der Waals surface area (Å²) >= 11 is 1.54. The lowest BCUT2D eigenvalue weighted by molar-refractivity contribution is 0.102. The molecule has 1 aromatic carbocycles. The molecule has 6 nitrogen and oxygen atoms in total. The second-order valence-electron chi connectivity index (χ2n) is 5.95. The summed E-state index contributed by atoms with van der Waals surface area (Å²) in [5, 5.41) is 11.7. The van der Waals surface area contributed by atoms with Gasteiger partial charge in [0.25, 0.3) is 5.91 Å². The average molecular weight is 351 g/mol. The predicted octanol–water partition coefficient (Wildman–Crippen LogP) is 3.89. The molecule has 1 amide bonds. The van der Waals surface area contributed by atoms with E-state index in [4.69, 9.17) is 0 Å². The molecule has 3 aromatic heterocycles. The zero-order valence-electron chi connectivity index (χ0n) is 14.1. The Hall–Kier alpha value is -2.93. The van der Waals surface area contributed by atoms with Crippen molar-refractivity contribution in [2.45, 2.75) is 13.8 Å². The van der Waals surface area contributed by atoms with Crippen LogP contribution in [0.1, 0.15) is 21.2 Å². The first-order chi connectivity index (χ1) is 12.0. The molecule has 4 aromatic rings. The van der Waals surface area contributed by atoms with E-state index in [1.165, 1.54) is 0 Å². The first kappa shape index (κ1) is 15.6. The minimum Gasteiger partial charge on any atom is -0.331 e. The highest BCUT2D eigenvalue weighted by molar-refractivity contribution is 7.16. The van der Waals surface area contributed by atoms with Gasteiger partial charge in [0.15, 0.2) is 5.69 Å². The minimum absolute atomic E-state index is 0.216. The van der Waals surface area contributed by atoms with Crippen LogP contribution in [-0.4, -0.2) is 25.7 Å². The van der Waals surface area contributed by atoms with Crippen LogP contribution in [0.15, 0.2) is 36.5 Å². The Morgan fingerprint density at radius 2 is 2.08 bits per heavy atom. The zero-order chi connectivity index (χ0) is 17.6. The Bertz CT molecular complexity index is 1090. The van der Waals surface area contributed by atoms with Crippen LogP contribution < -0.4 is 5.32 Å². The number of nitrogens with zero attached hydrogens (tertiary/aromatic N) is 3. The quantitative estimate of drug-likeness (QED) is 0.588. The van der Waals surface area contributed by atoms with Gasteiger partial charge in [-0.3, -0.25) is 9.89 Å². The van der Waals surface area contributed by atoms with Crippen LogP contribution in [0.5, 0.6) is 0 Å². The summed E-state index contributed by atoms with van der Waals surface area (Å²) < 4.78 is 2.02. The molecule has 25 heavy (non-hydrogen) atoms. The molecule has 7 heteroatoms. The number of aryl methyl sites for hydroxylation is 2. The van der Waals surface area contributed by atoms with Crippen molar-refractivity contribution in [3.05, 3.63) is 52.9 Å². The topological polar surface area (TPSA) is 75.6 Å². The second kappa shape index (κ2) is 5.86. The molecule has 2 N–H and O–H groups in total. The highest BCUT2D eigenvalue weighted by atomic mass is 32.1. The van der Waals surface area contributed by atoms with E-state index >= 15 is 0 Å². The Morgan fingerprint density at radius 1 is 1.24 bits per heavy atom. The Balaban J connectivity index is 1.73. The number of fused-ring (bicyclic) bond motifs is 1. The van der Waals surface area contributed by atoms with Crippen molar-refractivity contribution < 1.29 is 4.79 Å². The van der Waals surface area contributed by atoms with Gasteiger partial charge in [0.1, 0.15) is 5.82 Å². The fourth-order valence-electron chi connectivity index (χ4n) is 2.79. The lowest BCUT2D eigenvalue weighted by Gasteiger charge is -2.05. The van der Waals surface area contributed by atoms with Crippen molar-refractivity contribution in [1.29, 1.82) is 0 Å². The summed E-state index contributed by atoms with van der Waals surface area (Å²) in [5.41, 5.74) is 3.22. The molecule has 0 fully saturated rings. The lowest BCUT2D eigenvalue weighted by Crippen LogP contribution is -2.11. The number of hydrogen-bond donors (Lipinski definition) is 2. The maximum Gasteiger partial charge on any atom is 0.277 e. The summed E-state index contributed by atoms with van der Waals surface area (Å²) in [6.07, 6.45) is 1.84. The van der Waals surface area contributed by atoms with E-state index in [1.54, 1.807) is 11.3 Å². The molecular formula is C18H17N5OS. The molecule has 0 saturated carbocycles. The number of amides is 1. The van der Waals surface area contributed by atoms with E-state index in [9.17, 15) is 4.79 Å². The highest BCUT2D eigenvalue weighted by Crippen LogP contribution is 2.27. The van der Waals surface area contributed by atoms with Crippen LogP contribution in [0.2, 0.25) is 0 Å². The number of carbonyl (C=O) groups excluding carboxylic acids is 1. The number of carbonyl (C=O) groups is 1. The van der Waals surface area contributed by atoms with E-state index < -0.39 is 0 Å². The van der Waals surface area contributed by atoms with Gasteiger partial charge in [0.2, 0.25) is 0 Å². The van der Waals surface area contributed by atoms with E-state index in [0.717, 1.165) is 37.9 Å². The fourth-order valence-corrected chi connectivity index (χ4v) is 3.55. The minimum atomic E-state index is -0.216. The summed E-state index contributed by atoms with van der Waals surface area (Å²) in [6.45, 7) is 3.97. The van der Waals surface area contributed by atoms with Gasteiger partial charge in [-0.25, -0.2) is 4.98 Å². The summed E-state index contributed by atoms with van der Waals surface area (Å²) in [7, 11) is 1.98. The zero-order valence-corrected chi connectivity index (χ0v) is 14.9. The van der Waals surface area contributed by atoms with Gasteiger partial charge in [0.05, 0.1) is 22.4 Å². The van der Waals surface area contributed by atoms with Gasteiger partial charge in [-0.2, -0.15) is 5.10 Å². The molecule has 0 bridgehead atoms. The number of aromatic nitrogens is 4. The first-order valence-electron chi connectivity index (χ1n) is 7.87. The van der Waals surface area contributed by atoms with Crippen molar-refractivity contribution >= 4 is 33.1 Å². The molecule has 0 aliphatic carbocycles. The molecule has 3 heterocycles. The van der Waals surface area contributed by atoms with Crippen LogP contribution in [0.4, 0.5) is 5.00 Å². The number of hydrogen-bond acceptors (Lipinski definition) is 4. The molecule has 0 atom stereocenters. The van der Waals surface area contributed by atoms with E-state index in [0.29, 0.717) is 5.69 Å². The molecule has 0 aliphatic rings. The number of benzene rings is 1. The van der Waals surface area contributed by atoms with Crippen LogP contribution in [0.25, 0.3) is 22.2 Å². The average Bonchev–Trinajstić information content (AvgIpc) is 3.27. The molecule has 0 aliphatic heterocycles. The van der Waals surface area contributed by atoms with E-state index in [1.807, 2.05) is 62.0 Å². The molecule has 0 spiro atoms. The summed E-state index contributed by atoms with van der Waals surface area (Å²) in [5.74, 6) is 0.722. The number of rotatable bonds is 3. The Labute approximate surface area is 148 Å². The van der Waals surface area contributed by atoms with Crippen molar-refractivity contribution in [1.82, 2.24) is 19.7 Å². The Kier molecular flexibility index (Phi) is 3.65. The third kappa shape index (κ3) is 2.72. The predicted molar refractivity (Wildman–Crippen MR) is 100 cm³/mol. The molecule has 4 rings (SSSR count). The fraction of sp³-hybridized carbons (Fsp3) is 0.167. The smallest absolute Gasteiger partial charge is 0.277 e. The second-order valence-corrected chi connectivity index (χ2v) is 7.23.